The predicted molar refractivity (Wildman–Crippen MR) is 145 cm³/mol. The Morgan fingerprint density at radius 2 is 1.85 bits per heavy atom. The molecule has 2 aliphatic heterocycles. The van der Waals surface area contributed by atoms with E-state index < -0.39 is 48.0 Å². The monoisotopic (exact) mass is 562 g/mol. The van der Waals surface area contributed by atoms with E-state index >= 15 is 0 Å². The molecule has 1 spiro atoms. The van der Waals surface area contributed by atoms with E-state index in [1.54, 1.807) is 43.5 Å². The number of carbonyl (C=O) groups excluding carboxylic acids is 3. The highest BCUT2D eigenvalue weighted by Gasteiger charge is 2.55. The number of nitrogens with zero attached hydrogens (tertiary/aromatic N) is 2. The fourth-order valence-electron chi connectivity index (χ4n) is 6.92. The summed E-state index contributed by atoms with van der Waals surface area (Å²) in [5.41, 5.74) is 2.84. The lowest BCUT2D eigenvalue weighted by molar-refractivity contribution is -0.170. The van der Waals surface area contributed by atoms with E-state index in [0.29, 0.717) is 12.2 Å². The summed E-state index contributed by atoms with van der Waals surface area (Å²) < 4.78 is 40.4. The number of likely N-dealkylation sites (tertiary alicyclic amines) is 1. The maximum Gasteiger partial charge on any atom is 0.406 e. The third-order valence-corrected chi connectivity index (χ3v) is 9.03. The van der Waals surface area contributed by atoms with Crippen molar-refractivity contribution in [1.29, 1.82) is 0 Å². The molecule has 2 aromatic carbocycles. The topological polar surface area (TPSA) is 91.4 Å². The SMILES string of the molecule is CC1C(c2ccccc2)CC(NC(=O)c2ccc3c(c2)CC2(C(=O)Nc4ncccc42)C3C)C(=O)N1CC(F)(F)F. The fourth-order valence-corrected chi connectivity index (χ4v) is 6.92. The van der Waals surface area contributed by atoms with E-state index in [4.69, 9.17) is 0 Å². The molecule has 6 rings (SSSR count). The largest absolute Gasteiger partial charge is 0.406 e. The van der Waals surface area contributed by atoms with Crippen LogP contribution in [0.25, 0.3) is 0 Å². The van der Waals surface area contributed by atoms with Crippen molar-refractivity contribution < 1.29 is 27.6 Å². The number of hydrogen-bond donors (Lipinski definition) is 2. The molecule has 5 atom stereocenters. The third-order valence-electron chi connectivity index (χ3n) is 9.03. The number of piperidine rings is 1. The zero-order valence-corrected chi connectivity index (χ0v) is 22.5. The third kappa shape index (κ3) is 4.45. The van der Waals surface area contributed by atoms with E-state index in [-0.39, 0.29) is 23.8 Å². The molecule has 1 aromatic heterocycles. The highest BCUT2D eigenvalue weighted by molar-refractivity contribution is 6.07. The van der Waals surface area contributed by atoms with Crippen LogP contribution in [0.15, 0.2) is 66.9 Å². The number of hydrogen-bond acceptors (Lipinski definition) is 4. The van der Waals surface area contributed by atoms with Crippen LogP contribution in [0.2, 0.25) is 0 Å². The highest BCUT2D eigenvalue weighted by atomic mass is 19.4. The van der Waals surface area contributed by atoms with Crippen LogP contribution >= 0.6 is 0 Å². The minimum atomic E-state index is -4.58. The predicted octanol–water partition coefficient (Wildman–Crippen LogP) is 4.70. The molecule has 0 bridgehead atoms. The maximum atomic E-state index is 13.5. The van der Waals surface area contributed by atoms with Crippen molar-refractivity contribution in [2.24, 2.45) is 0 Å². The van der Waals surface area contributed by atoms with Crippen molar-refractivity contribution in [2.75, 3.05) is 11.9 Å². The van der Waals surface area contributed by atoms with Gasteiger partial charge in [-0.3, -0.25) is 14.4 Å². The minimum Gasteiger partial charge on any atom is -0.340 e. The molecule has 3 amide bonds. The van der Waals surface area contributed by atoms with Crippen LogP contribution in [0.3, 0.4) is 0 Å². The van der Waals surface area contributed by atoms with E-state index in [2.05, 4.69) is 15.6 Å². The number of pyridine rings is 1. The van der Waals surface area contributed by atoms with Crippen LogP contribution in [0, 0.1) is 0 Å². The van der Waals surface area contributed by atoms with Crippen molar-refractivity contribution in [3.63, 3.8) is 0 Å². The molecule has 2 N–H and O–H groups in total. The molecule has 3 aliphatic rings. The summed E-state index contributed by atoms with van der Waals surface area (Å²) in [6.07, 6.45) is -2.40. The van der Waals surface area contributed by atoms with Gasteiger partial charge in [-0.1, -0.05) is 49.4 Å². The summed E-state index contributed by atoms with van der Waals surface area (Å²) in [4.78, 5) is 45.0. The number of benzene rings is 2. The molecule has 41 heavy (non-hydrogen) atoms. The van der Waals surface area contributed by atoms with E-state index in [0.717, 1.165) is 27.2 Å². The molecular formula is C31H29F3N4O3. The van der Waals surface area contributed by atoms with E-state index in [1.165, 1.54) is 0 Å². The number of alkyl halides is 3. The number of halogens is 3. The van der Waals surface area contributed by atoms with Gasteiger partial charge in [0.25, 0.3) is 5.91 Å². The average Bonchev–Trinajstić information content (AvgIpc) is 3.40. The van der Waals surface area contributed by atoms with Gasteiger partial charge in [0.2, 0.25) is 11.8 Å². The van der Waals surface area contributed by atoms with Gasteiger partial charge < -0.3 is 15.5 Å². The van der Waals surface area contributed by atoms with Gasteiger partial charge in [0.1, 0.15) is 18.4 Å². The summed E-state index contributed by atoms with van der Waals surface area (Å²) in [7, 11) is 0. The molecule has 0 radical (unpaired) electrons. The minimum absolute atomic E-state index is 0.139. The highest BCUT2D eigenvalue weighted by Crippen LogP contribution is 2.53. The van der Waals surface area contributed by atoms with Gasteiger partial charge in [0.15, 0.2) is 0 Å². The Hall–Kier alpha value is -4.21. The quantitative estimate of drug-likeness (QED) is 0.483. The van der Waals surface area contributed by atoms with Crippen LogP contribution in [-0.2, 0) is 21.4 Å². The molecule has 3 aromatic rings. The Balaban J connectivity index is 1.27. The summed E-state index contributed by atoms with van der Waals surface area (Å²) in [6.45, 7) is 2.21. The molecule has 1 fully saturated rings. The number of rotatable bonds is 4. The average molecular weight is 563 g/mol. The standard InChI is InChI=1S/C31H29F3N4O3/c1-17-22-11-10-20(13-21(22)15-30(17)24-9-6-12-35-26(24)37-29(30)41)27(39)36-25-14-23(19-7-4-3-5-8-19)18(2)38(28(25)40)16-31(32,33)34/h3-13,17-18,23,25H,14-16H2,1-2H3,(H,36,39)(H,35,37,41). The van der Waals surface area contributed by atoms with E-state index in [9.17, 15) is 27.6 Å². The first kappa shape index (κ1) is 27.0. The van der Waals surface area contributed by atoms with Crippen LogP contribution in [0.5, 0.6) is 0 Å². The zero-order valence-electron chi connectivity index (χ0n) is 22.5. The van der Waals surface area contributed by atoms with Crippen LogP contribution in [0.1, 0.15) is 64.7 Å². The van der Waals surface area contributed by atoms with Gasteiger partial charge in [-0.05, 0) is 54.7 Å². The lowest BCUT2D eigenvalue weighted by atomic mass is 9.73. The zero-order chi connectivity index (χ0) is 29.1. The van der Waals surface area contributed by atoms with Gasteiger partial charge in [-0.15, -0.1) is 0 Å². The number of nitrogens with one attached hydrogen (secondary N) is 2. The van der Waals surface area contributed by atoms with Crippen molar-refractivity contribution in [3.8, 4) is 0 Å². The molecule has 5 unspecified atom stereocenters. The lowest BCUT2D eigenvalue weighted by Crippen LogP contribution is -2.59. The molecule has 1 aliphatic carbocycles. The van der Waals surface area contributed by atoms with Crippen molar-refractivity contribution in [2.45, 2.75) is 62.2 Å². The first-order valence-corrected chi connectivity index (χ1v) is 13.6. The number of fused-ring (bicyclic) bond motifs is 3. The first-order valence-electron chi connectivity index (χ1n) is 13.6. The van der Waals surface area contributed by atoms with Gasteiger partial charge in [0, 0.05) is 35.2 Å². The molecule has 1 saturated heterocycles. The van der Waals surface area contributed by atoms with Crippen LogP contribution < -0.4 is 10.6 Å². The lowest BCUT2D eigenvalue weighted by Gasteiger charge is -2.43. The molecular weight excluding hydrogens is 533 g/mol. The fraction of sp³-hybridized carbons (Fsp3) is 0.355. The number of carbonyl (C=O) groups is 3. The Labute approximate surface area is 235 Å². The van der Waals surface area contributed by atoms with Gasteiger partial charge in [-0.25, -0.2) is 4.98 Å². The van der Waals surface area contributed by atoms with Crippen LogP contribution in [0.4, 0.5) is 19.0 Å². The van der Waals surface area contributed by atoms with Crippen LogP contribution in [-0.4, -0.2) is 52.4 Å². The first-order chi connectivity index (χ1) is 19.5. The van der Waals surface area contributed by atoms with Crippen molar-refractivity contribution in [1.82, 2.24) is 15.2 Å². The summed E-state index contributed by atoms with van der Waals surface area (Å²) in [5, 5.41) is 5.60. The molecule has 10 heteroatoms. The summed E-state index contributed by atoms with van der Waals surface area (Å²) in [6, 6.07) is 16.1. The van der Waals surface area contributed by atoms with Gasteiger partial charge >= 0.3 is 6.18 Å². The number of aromatic nitrogens is 1. The second kappa shape index (κ2) is 9.71. The van der Waals surface area contributed by atoms with Crippen molar-refractivity contribution in [3.05, 3.63) is 94.7 Å². The second-order valence-electron chi connectivity index (χ2n) is 11.2. The normalized spacial score (nSPS) is 27.0. The summed E-state index contributed by atoms with van der Waals surface area (Å²) >= 11 is 0. The molecule has 7 nitrogen and oxygen atoms in total. The number of anilines is 1. The smallest absolute Gasteiger partial charge is 0.340 e. The Bertz CT molecular complexity index is 1540. The Morgan fingerprint density at radius 1 is 1.10 bits per heavy atom. The molecule has 3 heterocycles. The number of amides is 3. The van der Waals surface area contributed by atoms with Crippen molar-refractivity contribution >= 4 is 23.5 Å². The maximum absolute atomic E-state index is 13.5. The summed E-state index contributed by atoms with van der Waals surface area (Å²) in [5.74, 6) is -1.46. The second-order valence-corrected chi connectivity index (χ2v) is 11.2. The van der Waals surface area contributed by atoms with Gasteiger partial charge in [-0.2, -0.15) is 13.2 Å². The van der Waals surface area contributed by atoms with E-state index in [1.807, 2.05) is 37.3 Å². The molecule has 212 valence electrons. The Kier molecular flexibility index (Phi) is 6.39. The molecule has 0 saturated carbocycles. The van der Waals surface area contributed by atoms with Gasteiger partial charge in [0.05, 0.1) is 5.41 Å². The Morgan fingerprint density at radius 3 is 2.59 bits per heavy atom.